The molecule has 0 aliphatic carbocycles. The molecule has 1 amide bonds. The molecular weight excluding hydrogens is 246 g/mol. The Morgan fingerprint density at radius 3 is 2.67 bits per heavy atom. The van der Waals surface area contributed by atoms with Crippen molar-refractivity contribution in [3.63, 3.8) is 0 Å². The van der Waals surface area contributed by atoms with E-state index in [1.54, 1.807) is 0 Å². The van der Waals surface area contributed by atoms with Gasteiger partial charge in [0.2, 0.25) is 5.91 Å². The van der Waals surface area contributed by atoms with E-state index >= 15 is 0 Å². The van der Waals surface area contributed by atoms with Gasteiger partial charge in [-0.15, -0.1) is 11.8 Å². The number of amides is 1. The van der Waals surface area contributed by atoms with Gasteiger partial charge in [0.05, 0.1) is 11.8 Å². The van der Waals surface area contributed by atoms with Gasteiger partial charge in [-0.25, -0.2) is 0 Å². The summed E-state index contributed by atoms with van der Waals surface area (Å²) in [4.78, 5) is 12.4. The van der Waals surface area contributed by atoms with Crippen LogP contribution in [0.3, 0.4) is 0 Å². The van der Waals surface area contributed by atoms with Crippen LogP contribution >= 0.6 is 11.8 Å². The molecule has 0 bridgehead atoms. The summed E-state index contributed by atoms with van der Waals surface area (Å²) in [6.07, 6.45) is 0. The van der Waals surface area contributed by atoms with Crippen molar-refractivity contribution in [2.45, 2.75) is 17.9 Å². The molecule has 0 spiro atoms. The van der Waals surface area contributed by atoms with Gasteiger partial charge in [-0.1, -0.05) is 12.1 Å². The van der Waals surface area contributed by atoms with Gasteiger partial charge in [-0.05, 0) is 31.7 Å². The van der Waals surface area contributed by atoms with E-state index in [1.807, 2.05) is 25.2 Å². The number of nitrogens with zero attached hydrogens (tertiary/aromatic N) is 1. The molecular formula is C13H17N3OS. The maximum atomic E-state index is 11.3. The van der Waals surface area contributed by atoms with E-state index in [4.69, 9.17) is 5.26 Å². The number of nitrogens with one attached hydrogen (secondary N) is 2. The fourth-order valence-corrected chi connectivity index (χ4v) is 2.09. The topological polar surface area (TPSA) is 64.9 Å². The lowest BCUT2D eigenvalue weighted by atomic mass is 10.1. The summed E-state index contributed by atoms with van der Waals surface area (Å²) < 4.78 is 0. The minimum atomic E-state index is -0.116. The summed E-state index contributed by atoms with van der Waals surface area (Å²) in [5.41, 5.74) is 1.22. The van der Waals surface area contributed by atoms with Crippen molar-refractivity contribution in [1.82, 2.24) is 10.6 Å². The normalized spacial score (nSPS) is 11.6. The first kappa shape index (κ1) is 14.6. The van der Waals surface area contributed by atoms with Gasteiger partial charge in [0, 0.05) is 10.9 Å². The van der Waals surface area contributed by atoms with Crippen molar-refractivity contribution in [3.05, 3.63) is 29.8 Å². The third-order valence-corrected chi connectivity index (χ3v) is 3.56. The lowest BCUT2D eigenvalue weighted by molar-refractivity contribution is -0.118. The Morgan fingerprint density at radius 1 is 1.44 bits per heavy atom. The van der Waals surface area contributed by atoms with Gasteiger partial charge in [-0.2, -0.15) is 5.26 Å². The molecule has 18 heavy (non-hydrogen) atoms. The predicted molar refractivity (Wildman–Crippen MR) is 73.3 cm³/mol. The van der Waals surface area contributed by atoms with Gasteiger partial charge in [0.25, 0.3) is 0 Å². The molecule has 2 N–H and O–H groups in total. The highest BCUT2D eigenvalue weighted by atomic mass is 32.2. The molecule has 0 saturated carbocycles. The highest BCUT2D eigenvalue weighted by molar-refractivity contribution is 8.00. The Labute approximate surface area is 112 Å². The molecule has 0 aliphatic heterocycles. The van der Waals surface area contributed by atoms with Crippen LogP contribution in [0.4, 0.5) is 0 Å². The molecule has 1 rings (SSSR count). The van der Waals surface area contributed by atoms with Gasteiger partial charge < -0.3 is 10.6 Å². The van der Waals surface area contributed by atoms with Crippen molar-refractivity contribution < 1.29 is 4.79 Å². The first-order valence-corrected chi connectivity index (χ1v) is 6.69. The number of benzene rings is 1. The van der Waals surface area contributed by atoms with Crippen molar-refractivity contribution in [2.75, 3.05) is 19.3 Å². The fourth-order valence-electron chi connectivity index (χ4n) is 1.36. The van der Waals surface area contributed by atoms with Crippen molar-refractivity contribution in [1.29, 1.82) is 5.26 Å². The second kappa shape index (κ2) is 7.75. The molecule has 1 unspecified atom stereocenters. The highest BCUT2D eigenvalue weighted by Crippen LogP contribution is 2.20. The third-order valence-electron chi connectivity index (χ3n) is 2.55. The first-order chi connectivity index (χ1) is 8.67. The van der Waals surface area contributed by atoms with Crippen molar-refractivity contribution in [2.24, 2.45) is 0 Å². The Kier molecular flexibility index (Phi) is 6.26. The Bertz CT molecular complexity index is 425. The van der Waals surface area contributed by atoms with Crippen LogP contribution in [0.5, 0.6) is 0 Å². The predicted octanol–water partition coefficient (Wildman–Crippen LogP) is 1.70. The average Bonchev–Trinajstić information content (AvgIpc) is 2.42. The van der Waals surface area contributed by atoms with Crippen LogP contribution in [0.2, 0.25) is 0 Å². The summed E-state index contributed by atoms with van der Waals surface area (Å²) in [5.74, 6) is 0.219. The fraction of sp³-hybridized carbons (Fsp3) is 0.385. The Morgan fingerprint density at radius 2 is 2.11 bits per heavy atom. The number of carbonyl (C=O) groups excluding carboxylic acids is 1. The molecule has 0 fully saturated rings. The van der Waals surface area contributed by atoms with Crippen LogP contribution in [0.15, 0.2) is 29.2 Å². The lowest BCUT2D eigenvalue weighted by Gasteiger charge is -2.10. The quantitative estimate of drug-likeness (QED) is 0.605. The molecule has 5 heteroatoms. The number of hydrogen-bond donors (Lipinski definition) is 2. The summed E-state index contributed by atoms with van der Waals surface area (Å²) in [6.45, 7) is 2.16. The Balaban J connectivity index is 2.44. The summed E-state index contributed by atoms with van der Waals surface area (Å²) in [7, 11) is 1.92. The average molecular weight is 263 g/mol. The molecule has 0 radical (unpaired) electrons. The number of hydrogen-bond acceptors (Lipinski definition) is 4. The molecule has 0 aromatic heterocycles. The van der Waals surface area contributed by atoms with E-state index in [0.717, 1.165) is 4.90 Å². The number of nitriles is 1. The molecule has 1 atom stereocenters. The van der Waals surface area contributed by atoms with Crippen molar-refractivity contribution in [3.8, 4) is 6.07 Å². The largest absolute Gasteiger partial charge is 0.342 e. The summed E-state index contributed by atoms with van der Waals surface area (Å²) in [6, 6.07) is 10.3. The molecule has 0 saturated heterocycles. The van der Waals surface area contributed by atoms with Crippen molar-refractivity contribution >= 4 is 17.7 Å². The standard InChI is InChI=1S/C13H17N3OS/c1-10(15-2)11-3-5-12(6-4-11)18-9-13(17)16-8-7-14/h3-6,10,15H,8-9H2,1-2H3,(H,16,17). The van der Waals surface area contributed by atoms with Gasteiger partial charge in [-0.3, -0.25) is 4.79 Å². The minimum Gasteiger partial charge on any atom is -0.342 e. The van der Waals surface area contributed by atoms with Crippen LogP contribution < -0.4 is 10.6 Å². The highest BCUT2D eigenvalue weighted by Gasteiger charge is 2.04. The molecule has 0 aliphatic rings. The van der Waals surface area contributed by atoms with Gasteiger partial charge >= 0.3 is 0 Å². The Hall–Kier alpha value is -1.51. The zero-order chi connectivity index (χ0) is 13.4. The minimum absolute atomic E-state index is 0.0675. The third kappa shape index (κ3) is 4.78. The molecule has 4 nitrogen and oxygen atoms in total. The van der Waals surface area contributed by atoms with E-state index in [1.165, 1.54) is 17.3 Å². The smallest absolute Gasteiger partial charge is 0.231 e. The maximum absolute atomic E-state index is 11.3. The molecule has 1 aromatic rings. The zero-order valence-electron chi connectivity index (χ0n) is 10.6. The second-order valence-corrected chi connectivity index (χ2v) is 4.85. The molecule has 1 aromatic carbocycles. The van der Waals surface area contributed by atoms with E-state index in [2.05, 4.69) is 29.7 Å². The van der Waals surface area contributed by atoms with E-state index < -0.39 is 0 Å². The SMILES string of the molecule is CNC(C)c1ccc(SCC(=O)NCC#N)cc1. The number of rotatable bonds is 6. The van der Waals surface area contributed by atoms with Gasteiger partial charge in [0.15, 0.2) is 0 Å². The second-order valence-electron chi connectivity index (χ2n) is 3.80. The maximum Gasteiger partial charge on any atom is 0.231 e. The van der Waals surface area contributed by atoms with Crippen LogP contribution in [-0.4, -0.2) is 25.3 Å². The van der Waals surface area contributed by atoms with Crippen LogP contribution in [0.1, 0.15) is 18.5 Å². The summed E-state index contributed by atoms with van der Waals surface area (Å²) in [5, 5.41) is 14.0. The van der Waals surface area contributed by atoms with E-state index in [-0.39, 0.29) is 12.5 Å². The van der Waals surface area contributed by atoms with E-state index in [9.17, 15) is 4.79 Å². The summed E-state index contributed by atoms with van der Waals surface area (Å²) >= 11 is 1.47. The molecule has 0 heterocycles. The van der Waals surface area contributed by atoms with Gasteiger partial charge in [0.1, 0.15) is 6.54 Å². The molecule has 96 valence electrons. The van der Waals surface area contributed by atoms with Crippen LogP contribution in [0, 0.1) is 11.3 Å². The van der Waals surface area contributed by atoms with Crippen LogP contribution in [0.25, 0.3) is 0 Å². The number of thioether (sulfide) groups is 1. The lowest BCUT2D eigenvalue weighted by Crippen LogP contribution is -2.25. The van der Waals surface area contributed by atoms with E-state index in [0.29, 0.717) is 11.8 Å². The number of carbonyl (C=O) groups is 1. The zero-order valence-corrected chi connectivity index (χ0v) is 11.4. The van der Waals surface area contributed by atoms with Crippen LogP contribution in [-0.2, 0) is 4.79 Å². The monoisotopic (exact) mass is 263 g/mol. The first-order valence-electron chi connectivity index (χ1n) is 5.71.